The number of nitrogens with two attached hydrogens (primary N) is 1. The van der Waals surface area contributed by atoms with Crippen LogP contribution in [-0.2, 0) is 14.3 Å². The molecule has 21 heavy (non-hydrogen) atoms. The van der Waals surface area contributed by atoms with Gasteiger partial charge in [0.2, 0.25) is 0 Å². The third kappa shape index (κ3) is 5.71. The lowest BCUT2D eigenvalue weighted by molar-refractivity contribution is -0.148. The normalized spacial score (nSPS) is 12.0. The zero-order valence-corrected chi connectivity index (χ0v) is 13.5. The SMILES string of the molecule is CCOC(=O)COCC(N)c1cc(Cl)c(OCC)cc1Cl. The molecule has 1 aromatic rings. The van der Waals surface area contributed by atoms with E-state index < -0.39 is 12.0 Å². The first-order chi connectivity index (χ1) is 9.99. The molecule has 0 aliphatic rings. The molecule has 1 aromatic carbocycles. The molecule has 1 atom stereocenters. The Labute approximate surface area is 134 Å². The van der Waals surface area contributed by atoms with Crippen LogP contribution in [-0.4, -0.2) is 32.4 Å². The molecule has 1 unspecified atom stereocenters. The molecule has 5 nitrogen and oxygen atoms in total. The molecule has 0 radical (unpaired) electrons. The van der Waals surface area contributed by atoms with E-state index in [1.165, 1.54) is 0 Å². The smallest absolute Gasteiger partial charge is 0.332 e. The third-order valence-corrected chi connectivity index (χ3v) is 3.20. The summed E-state index contributed by atoms with van der Waals surface area (Å²) < 4.78 is 15.3. The van der Waals surface area contributed by atoms with Crippen LogP contribution < -0.4 is 10.5 Å². The standard InChI is InChI=1S/C14H19Cl2NO4/c1-3-20-13-6-10(15)9(5-11(13)16)12(17)7-19-8-14(18)21-4-2/h5-6,12H,3-4,7-8,17H2,1-2H3. The number of esters is 1. The van der Waals surface area contributed by atoms with Crippen molar-refractivity contribution in [2.24, 2.45) is 5.73 Å². The van der Waals surface area contributed by atoms with Gasteiger partial charge < -0.3 is 19.9 Å². The number of ether oxygens (including phenoxy) is 3. The zero-order chi connectivity index (χ0) is 15.8. The largest absolute Gasteiger partial charge is 0.492 e. The second-order valence-corrected chi connectivity index (χ2v) is 4.98. The first-order valence-corrected chi connectivity index (χ1v) is 7.35. The molecule has 0 saturated heterocycles. The summed E-state index contributed by atoms with van der Waals surface area (Å²) in [5, 5.41) is 0.868. The van der Waals surface area contributed by atoms with E-state index >= 15 is 0 Å². The van der Waals surface area contributed by atoms with Gasteiger partial charge in [0.15, 0.2) is 0 Å². The van der Waals surface area contributed by atoms with E-state index in [4.69, 9.17) is 43.1 Å². The van der Waals surface area contributed by atoms with E-state index in [9.17, 15) is 4.79 Å². The number of hydrogen-bond acceptors (Lipinski definition) is 5. The van der Waals surface area contributed by atoms with E-state index in [1.54, 1.807) is 19.1 Å². The minimum absolute atomic E-state index is 0.128. The molecule has 0 spiro atoms. The van der Waals surface area contributed by atoms with E-state index in [1.807, 2.05) is 6.92 Å². The van der Waals surface area contributed by atoms with Crippen LogP contribution in [0.3, 0.4) is 0 Å². The number of carbonyl (C=O) groups is 1. The van der Waals surface area contributed by atoms with E-state index in [-0.39, 0.29) is 13.2 Å². The average molecular weight is 336 g/mol. The number of benzene rings is 1. The van der Waals surface area contributed by atoms with Crippen molar-refractivity contribution in [1.82, 2.24) is 0 Å². The Kier molecular flexibility index (Phi) is 7.82. The maximum absolute atomic E-state index is 11.1. The molecule has 0 heterocycles. The number of hydrogen-bond donors (Lipinski definition) is 1. The quantitative estimate of drug-likeness (QED) is 0.739. The highest BCUT2D eigenvalue weighted by Crippen LogP contribution is 2.33. The van der Waals surface area contributed by atoms with Gasteiger partial charge in [-0.25, -0.2) is 4.79 Å². The van der Waals surface area contributed by atoms with Gasteiger partial charge in [0, 0.05) is 11.1 Å². The summed E-state index contributed by atoms with van der Waals surface area (Å²) in [6, 6.07) is 2.77. The summed E-state index contributed by atoms with van der Waals surface area (Å²) in [7, 11) is 0. The van der Waals surface area contributed by atoms with Gasteiger partial charge in [0.25, 0.3) is 0 Å². The van der Waals surface area contributed by atoms with Gasteiger partial charge >= 0.3 is 5.97 Å². The number of carbonyl (C=O) groups excluding carboxylic acids is 1. The highest BCUT2D eigenvalue weighted by Gasteiger charge is 2.15. The summed E-state index contributed by atoms with van der Waals surface area (Å²) in [5.74, 6) is 0.0769. The van der Waals surface area contributed by atoms with E-state index in [2.05, 4.69) is 0 Å². The summed E-state index contributed by atoms with van der Waals surface area (Å²) in [6.45, 7) is 4.36. The van der Waals surface area contributed by atoms with Gasteiger partial charge in [-0.1, -0.05) is 23.2 Å². The van der Waals surface area contributed by atoms with Crippen molar-refractivity contribution >= 4 is 29.2 Å². The number of rotatable bonds is 8. The Morgan fingerprint density at radius 3 is 2.57 bits per heavy atom. The first-order valence-electron chi connectivity index (χ1n) is 6.60. The van der Waals surface area contributed by atoms with Crippen LogP contribution >= 0.6 is 23.2 Å². The lowest BCUT2D eigenvalue weighted by atomic mass is 10.1. The molecule has 0 saturated carbocycles. The second-order valence-electron chi connectivity index (χ2n) is 4.16. The van der Waals surface area contributed by atoms with Crippen molar-refractivity contribution in [1.29, 1.82) is 0 Å². The van der Waals surface area contributed by atoms with Crippen molar-refractivity contribution in [3.8, 4) is 5.75 Å². The van der Waals surface area contributed by atoms with Crippen LogP contribution in [0.15, 0.2) is 12.1 Å². The van der Waals surface area contributed by atoms with Gasteiger partial charge in [0.1, 0.15) is 12.4 Å². The monoisotopic (exact) mass is 335 g/mol. The van der Waals surface area contributed by atoms with Gasteiger partial charge in [-0.2, -0.15) is 0 Å². The van der Waals surface area contributed by atoms with Gasteiger partial charge in [-0.3, -0.25) is 0 Å². The van der Waals surface area contributed by atoms with Crippen molar-refractivity contribution < 1.29 is 19.0 Å². The topological polar surface area (TPSA) is 70.8 Å². The van der Waals surface area contributed by atoms with Crippen molar-refractivity contribution in [2.75, 3.05) is 26.4 Å². The minimum atomic E-state index is -0.500. The summed E-state index contributed by atoms with van der Waals surface area (Å²) in [4.78, 5) is 11.1. The molecule has 1 rings (SSSR count). The highest BCUT2D eigenvalue weighted by atomic mass is 35.5. The Morgan fingerprint density at radius 1 is 1.24 bits per heavy atom. The van der Waals surface area contributed by atoms with E-state index in [0.29, 0.717) is 34.6 Å². The molecule has 2 N–H and O–H groups in total. The maximum Gasteiger partial charge on any atom is 0.332 e. The average Bonchev–Trinajstić information content (AvgIpc) is 2.43. The lowest BCUT2D eigenvalue weighted by Crippen LogP contribution is -2.21. The predicted molar refractivity (Wildman–Crippen MR) is 82.0 cm³/mol. The van der Waals surface area contributed by atoms with Crippen LogP contribution in [0.25, 0.3) is 0 Å². The fourth-order valence-electron chi connectivity index (χ4n) is 1.66. The molecular formula is C14H19Cl2NO4. The Hall–Kier alpha value is -1.01. The second kappa shape index (κ2) is 9.10. The van der Waals surface area contributed by atoms with Gasteiger partial charge in [-0.15, -0.1) is 0 Å². The van der Waals surface area contributed by atoms with Crippen LogP contribution in [0.5, 0.6) is 5.75 Å². The maximum atomic E-state index is 11.1. The van der Waals surface area contributed by atoms with Crippen LogP contribution in [0.1, 0.15) is 25.5 Å². The third-order valence-electron chi connectivity index (χ3n) is 2.57. The molecule has 0 amide bonds. The van der Waals surface area contributed by atoms with Crippen molar-refractivity contribution in [3.05, 3.63) is 27.7 Å². The number of halogens is 2. The van der Waals surface area contributed by atoms with Gasteiger partial charge in [0.05, 0.1) is 30.9 Å². The molecule has 0 bridgehead atoms. The summed E-state index contributed by atoms with van der Waals surface area (Å²) >= 11 is 12.3. The predicted octanol–water partition coefficient (Wildman–Crippen LogP) is 2.97. The molecule has 0 fully saturated rings. The fourth-order valence-corrected chi connectivity index (χ4v) is 2.18. The fraction of sp³-hybridized carbons (Fsp3) is 0.500. The van der Waals surface area contributed by atoms with Crippen molar-refractivity contribution in [2.45, 2.75) is 19.9 Å². The van der Waals surface area contributed by atoms with Crippen LogP contribution in [0, 0.1) is 0 Å². The molecule has 118 valence electrons. The molecular weight excluding hydrogens is 317 g/mol. The first kappa shape index (κ1) is 18.0. The summed E-state index contributed by atoms with van der Waals surface area (Å²) in [6.07, 6.45) is 0. The van der Waals surface area contributed by atoms with Crippen LogP contribution in [0.4, 0.5) is 0 Å². The van der Waals surface area contributed by atoms with E-state index in [0.717, 1.165) is 0 Å². The molecule has 7 heteroatoms. The minimum Gasteiger partial charge on any atom is -0.492 e. The Balaban J connectivity index is 2.63. The van der Waals surface area contributed by atoms with Crippen LogP contribution in [0.2, 0.25) is 10.0 Å². The molecule has 0 aliphatic carbocycles. The Bertz CT molecular complexity index is 482. The van der Waals surface area contributed by atoms with Crippen molar-refractivity contribution in [3.63, 3.8) is 0 Å². The zero-order valence-electron chi connectivity index (χ0n) is 12.0. The Morgan fingerprint density at radius 2 is 1.95 bits per heavy atom. The highest BCUT2D eigenvalue weighted by molar-refractivity contribution is 6.34. The molecule has 0 aromatic heterocycles. The molecule has 0 aliphatic heterocycles. The lowest BCUT2D eigenvalue weighted by Gasteiger charge is -2.16. The van der Waals surface area contributed by atoms with Gasteiger partial charge in [-0.05, 0) is 25.5 Å². The summed E-state index contributed by atoms with van der Waals surface area (Å²) in [5.41, 5.74) is 6.62.